The summed E-state index contributed by atoms with van der Waals surface area (Å²) in [7, 11) is 0. The van der Waals surface area contributed by atoms with E-state index < -0.39 is 0 Å². The summed E-state index contributed by atoms with van der Waals surface area (Å²) in [6.07, 6.45) is 28.3. The van der Waals surface area contributed by atoms with Crippen LogP contribution in [0.5, 0.6) is 0 Å². The number of nitrogens with two attached hydrogens (primary N) is 1. The molecule has 5 heteroatoms. The number of unbranched alkanes of at least 4 members (excludes halogenated alkanes) is 18. The third-order valence-corrected chi connectivity index (χ3v) is 7.86. The number of carbonyl (C=O) groups excluding carboxylic acids is 2. The molecule has 1 saturated heterocycles. The van der Waals surface area contributed by atoms with Gasteiger partial charge in [0.1, 0.15) is 0 Å². The van der Waals surface area contributed by atoms with E-state index in [1.807, 2.05) is 11.0 Å². The van der Waals surface area contributed by atoms with Gasteiger partial charge in [0.15, 0.2) is 0 Å². The zero-order valence-electron chi connectivity index (χ0n) is 26.2. The van der Waals surface area contributed by atoms with Gasteiger partial charge in [0.05, 0.1) is 12.2 Å². The zero-order valence-corrected chi connectivity index (χ0v) is 26.2. The van der Waals surface area contributed by atoms with Gasteiger partial charge in [0.25, 0.3) is 0 Å². The Labute approximate surface area is 247 Å². The second-order valence-electron chi connectivity index (χ2n) is 11.6. The number of hydrogen-bond acceptors (Lipinski definition) is 4. The molecule has 1 amide bonds. The number of rotatable bonds is 23. The van der Waals surface area contributed by atoms with E-state index in [2.05, 4.69) is 13.8 Å². The monoisotopic (exact) mass is 558 g/mol. The number of esters is 1. The van der Waals surface area contributed by atoms with Crippen LogP contribution in [-0.2, 0) is 9.53 Å². The summed E-state index contributed by atoms with van der Waals surface area (Å²) < 4.78 is 5.26. The Kier molecular flexibility index (Phi) is 23.3. The Morgan fingerprint density at radius 3 is 1.68 bits per heavy atom. The molecule has 2 N–H and O–H groups in total. The van der Waals surface area contributed by atoms with Gasteiger partial charge >= 0.3 is 5.97 Å². The van der Waals surface area contributed by atoms with Crippen molar-refractivity contribution in [2.45, 2.75) is 155 Å². The molecule has 0 saturated carbocycles. The van der Waals surface area contributed by atoms with Crippen LogP contribution < -0.4 is 5.73 Å². The highest BCUT2D eigenvalue weighted by Crippen LogP contribution is 2.15. The maximum absolute atomic E-state index is 11.8. The lowest BCUT2D eigenvalue weighted by Crippen LogP contribution is -2.25. The third-order valence-electron chi connectivity index (χ3n) is 7.86. The molecule has 1 aromatic carbocycles. The Bertz CT molecular complexity index is 752. The van der Waals surface area contributed by atoms with Crippen molar-refractivity contribution >= 4 is 17.6 Å². The molecule has 2 rings (SSSR count). The lowest BCUT2D eigenvalue weighted by atomic mass is 10.1. The van der Waals surface area contributed by atoms with Crippen molar-refractivity contribution in [1.82, 2.24) is 4.90 Å². The molecule has 0 aromatic heterocycles. The first-order valence-electron chi connectivity index (χ1n) is 16.9. The van der Waals surface area contributed by atoms with Gasteiger partial charge in [-0.05, 0) is 31.4 Å². The number of ether oxygens (including phenoxy) is 1. The van der Waals surface area contributed by atoms with Crippen molar-refractivity contribution in [1.29, 1.82) is 0 Å². The third kappa shape index (κ3) is 19.1. The molecule has 5 nitrogen and oxygen atoms in total. The fraction of sp³-hybridized carbons (Fsp3) is 0.771. The zero-order chi connectivity index (χ0) is 29.1. The Balaban J connectivity index is 0.000000408. The normalized spacial score (nSPS) is 12.8. The first-order chi connectivity index (χ1) is 19.6. The number of likely N-dealkylation sites (tertiary alicyclic amines) is 1. The number of amides is 1. The molecule has 230 valence electrons. The molecule has 0 atom stereocenters. The molecule has 1 aliphatic heterocycles. The molecule has 1 fully saturated rings. The minimum absolute atomic E-state index is 0.311. The van der Waals surface area contributed by atoms with E-state index >= 15 is 0 Å². The van der Waals surface area contributed by atoms with Crippen LogP contribution in [0, 0.1) is 0 Å². The van der Waals surface area contributed by atoms with Crippen LogP contribution in [0.4, 0.5) is 5.69 Å². The van der Waals surface area contributed by atoms with Crippen molar-refractivity contribution in [2.24, 2.45) is 0 Å². The number of nitrogen functional groups attached to an aromatic ring is 1. The van der Waals surface area contributed by atoms with Crippen molar-refractivity contribution in [3.63, 3.8) is 0 Å². The average molecular weight is 559 g/mol. The summed E-state index contributed by atoms with van der Waals surface area (Å²) >= 11 is 0. The van der Waals surface area contributed by atoms with E-state index in [0.29, 0.717) is 23.8 Å². The molecule has 0 spiro atoms. The SMILES string of the molecule is CCCCCCCCCCCCN1CCCC1=O.CCCCCCCCCCCCOC(=O)c1ccccc1N. The molecule has 1 aromatic rings. The van der Waals surface area contributed by atoms with Crippen molar-refractivity contribution in [3.05, 3.63) is 29.8 Å². The van der Waals surface area contributed by atoms with E-state index in [0.717, 1.165) is 38.8 Å². The van der Waals surface area contributed by atoms with E-state index in [9.17, 15) is 9.59 Å². The highest BCUT2D eigenvalue weighted by atomic mass is 16.5. The van der Waals surface area contributed by atoms with Crippen LogP contribution in [0.15, 0.2) is 24.3 Å². The van der Waals surface area contributed by atoms with E-state index in [-0.39, 0.29) is 5.97 Å². The van der Waals surface area contributed by atoms with Crippen LogP contribution in [0.25, 0.3) is 0 Å². The molecular formula is C35H62N2O3. The topological polar surface area (TPSA) is 72.6 Å². The van der Waals surface area contributed by atoms with Crippen LogP contribution in [0.1, 0.15) is 165 Å². The van der Waals surface area contributed by atoms with Gasteiger partial charge in [-0.25, -0.2) is 4.79 Å². The molecule has 1 heterocycles. The summed E-state index contributed by atoms with van der Waals surface area (Å²) in [5.74, 6) is 0.0694. The van der Waals surface area contributed by atoms with Crippen LogP contribution in [0.2, 0.25) is 0 Å². The summed E-state index contributed by atoms with van der Waals surface area (Å²) in [5.41, 5.74) is 6.70. The van der Waals surface area contributed by atoms with Gasteiger partial charge in [-0.3, -0.25) is 4.79 Å². The smallest absolute Gasteiger partial charge is 0.340 e. The highest BCUT2D eigenvalue weighted by Gasteiger charge is 2.18. The molecule has 0 aliphatic carbocycles. The maximum atomic E-state index is 11.8. The molecular weight excluding hydrogens is 496 g/mol. The van der Waals surface area contributed by atoms with Gasteiger partial charge in [-0.1, -0.05) is 142 Å². The second kappa shape index (κ2) is 25.9. The number of hydrogen-bond donors (Lipinski definition) is 1. The largest absolute Gasteiger partial charge is 0.462 e. The second-order valence-corrected chi connectivity index (χ2v) is 11.6. The van der Waals surface area contributed by atoms with Crippen LogP contribution in [-0.4, -0.2) is 36.5 Å². The quantitative estimate of drug-likeness (QED) is 0.0824. The van der Waals surface area contributed by atoms with Crippen LogP contribution >= 0.6 is 0 Å². The maximum Gasteiger partial charge on any atom is 0.340 e. The van der Waals surface area contributed by atoms with E-state index in [1.165, 1.54) is 116 Å². The van der Waals surface area contributed by atoms with Gasteiger partial charge < -0.3 is 15.4 Å². The molecule has 1 aliphatic rings. The van der Waals surface area contributed by atoms with Crippen LogP contribution in [0.3, 0.4) is 0 Å². The lowest BCUT2D eigenvalue weighted by molar-refractivity contribution is -0.127. The standard InChI is InChI=1S/C19H31NO2.C16H31NO/c1-2-3-4-5-6-7-8-9-10-13-16-22-19(21)17-14-11-12-15-18(17)20;1-2-3-4-5-6-7-8-9-10-11-14-17-15-12-13-16(17)18/h11-12,14-15H,2-10,13,16,20H2,1H3;2-15H2,1H3. The number of anilines is 1. The summed E-state index contributed by atoms with van der Waals surface area (Å²) in [6, 6.07) is 7.04. The first kappa shape index (κ1) is 36.0. The number of para-hydroxylation sites is 1. The van der Waals surface area contributed by atoms with Gasteiger partial charge in [0.2, 0.25) is 5.91 Å². The number of benzene rings is 1. The minimum atomic E-state index is -0.311. The predicted molar refractivity (Wildman–Crippen MR) is 171 cm³/mol. The summed E-state index contributed by atoms with van der Waals surface area (Å²) in [6.45, 7) is 7.03. The molecule has 0 radical (unpaired) electrons. The van der Waals surface area contributed by atoms with Crippen molar-refractivity contribution in [3.8, 4) is 0 Å². The first-order valence-corrected chi connectivity index (χ1v) is 16.9. The Morgan fingerprint density at radius 1 is 0.725 bits per heavy atom. The summed E-state index contributed by atoms with van der Waals surface area (Å²) in [5, 5.41) is 0. The Morgan fingerprint density at radius 2 is 1.20 bits per heavy atom. The Hall–Kier alpha value is -2.04. The molecule has 0 bridgehead atoms. The van der Waals surface area contributed by atoms with Gasteiger partial charge in [-0.2, -0.15) is 0 Å². The fourth-order valence-electron chi connectivity index (χ4n) is 5.25. The van der Waals surface area contributed by atoms with E-state index in [1.54, 1.807) is 18.2 Å². The average Bonchev–Trinajstić information content (AvgIpc) is 3.37. The van der Waals surface area contributed by atoms with Gasteiger partial charge in [0, 0.05) is 25.2 Å². The van der Waals surface area contributed by atoms with Crippen molar-refractivity contribution < 1.29 is 14.3 Å². The van der Waals surface area contributed by atoms with Crippen molar-refractivity contribution in [2.75, 3.05) is 25.4 Å². The highest BCUT2D eigenvalue weighted by molar-refractivity contribution is 5.94. The van der Waals surface area contributed by atoms with E-state index in [4.69, 9.17) is 10.5 Å². The minimum Gasteiger partial charge on any atom is -0.462 e. The molecule has 0 unspecified atom stereocenters. The summed E-state index contributed by atoms with van der Waals surface area (Å²) in [4.78, 5) is 25.3. The lowest BCUT2D eigenvalue weighted by Gasteiger charge is -2.14. The van der Waals surface area contributed by atoms with Gasteiger partial charge in [-0.15, -0.1) is 0 Å². The number of carbonyl (C=O) groups is 2. The molecule has 40 heavy (non-hydrogen) atoms. The fourth-order valence-corrected chi connectivity index (χ4v) is 5.25. The number of nitrogens with zero attached hydrogens (tertiary/aromatic N) is 1. The predicted octanol–water partition coefficient (Wildman–Crippen LogP) is 9.88.